The first-order valence-electron chi connectivity index (χ1n) is 7.35. The highest BCUT2D eigenvalue weighted by Gasteiger charge is 2.30. The van der Waals surface area contributed by atoms with Crippen molar-refractivity contribution < 1.29 is 22.4 Å². The number of Topliss-reactive ketones (excluding diaryl/α,β-unsaturated/α-hetero) is 1. The van der Waals surface area contributed by atoms with Crippen molar-refractivity contribution in [1.29, 1.82) is 0 Å². The minimum atomic E-state index is -4.47. The van der Waals surface area contributed by atoms with E-state index < -0.39 is 17.5 Å². The van der Waals surface area contributed by atoms with E-state index in [4.69, 9.17) is 4.42 Å². The quantitative estimate of drug-likeness (QED) is 0.457. The van der Waals surface area contributed by atoms with Gasteiger partial charge in [-0.25, -0.2) is 0 Å². The van der Waals surface area contributed by atoms with Gasteiger partial charge in [-0.2, -0.15) is 13.2 Å². The number of nitrogens with one attached hydrogen (secondary N) is 1. The molecule has 10 heteroatoms. The number of furan rings is 1. The predicted molar refractivity (Wildman–Crippen MR) is 92.4 cm³/mol. The van der Waals surface area contributed by atoms with Crippen molar-refractivity contribution in [2.45, 2.75) is 17.1 Å². The Morgan fingerprint density at radius 1 is 1.23 bits per heavy atom. The molecule has 0 radical (unpaired) electrons. The van der Waals surface area contributed by atoms with Crippen LogP contribution in [0.25, 0.3) is 0 Å². The second-order valence-corrected chi connectivity index (χ2v) is 7.30. The first-order valence-corrected chi connectivity index (χ1v) is 9.15. The number of thioether (sulfide) groups is 1. The van der Waals surface area contributed by atoms with Crippen LogP contribution in [0.4, 0.5) is 18.3 Å². The summed E-state index contributed by atoms with van der Waals surface area (Å²) in [5.74, 6) is 0.323. The minimum absolute atomic E-state index is 0.0197. The summed E-state index contributed by atoms with van der Waals surface area (Å²) in [5.41, 5.74) is -0.818. The number of benzene rings is 1. The first-order chi connectivity index (χ1) is 12.4. The van der Waals surface area contributed by atoms with Crippen molar-refractivity contribution in [1.82, 2.24) is 10.2 Å². The summed E-state index contributed by atoms with van der Waals surface area (Å²) in [7, 11) is 0. The van der Waals surface area contributed by atoms with Crippen LogP contribution in [-0.4, -0.2) is 21.7 Å². The fourth-order valence-electron chi connectivity index (χ4n) is 2.00. The van der Waals surface area contributed by atoms with Crippen molar-refractivity contribution in [2.75, 3.05) is 11.1 Å². The molecule has 0 unspecified atom stereocenters. The molecular weight excluding hydrogens is 387 g/mol. The molecule has 2 heterocycles. The SMILES string of the molecule is O=C(CSc1nnc(NCc2ccco2)s1)c1cccc(C(F)(F)F)c1. The van der Waals surface area contributed by atoms with E-state index in [1.807, 2.05) is 6.07 Å². The van der Waals surface area contributed by atoms with Crippen LogP contribution in [0, 0.1) is 0 Å². The molecule has 0 fully saturated rings. The van der Waals surface area contributed by atoms with E-state index in [1.54, 1.807) is 12.3 Å². The van der Waals surface area contributed by atoms with Crippen molar-refractivity contribution in [3.8, 4) is 0 Å². The molecule has 3 aromatic rings. The molecule has 136 valence electrons. The molecular formula is C16H12F3N3O2S2. The maximum absolute atomic E-state index is 12.7. The minimum Gasteiger partial charge on any atom is -0.467 e. The third-order valence-electron chi connectivity index (χ3n) is 3.24. The Hall–Kier alpha value is -2.33. The van der Waals surface area contributed by atoms with Crippen molar-refractivity contribution in [3.63, 3.8) is 0 Å². The van der Waals surface area contributed by atoms with Gasteiger partial charge in [0.1, 0.15) is 5.76 Å². The number of halogens is 3. The normalized spacial score (nSPS) is 11.5. The van der Waals surface area contributed by atoms with Crippen LogP contribution in [0.15, 0.2) is 51.4 Å². The van der Waals surface area contributed by atoms with E-state index in [0.717, 1.165) is 29.7 Å². The maximum atomic E-state index is 12.7. The van der Waals surface area contributed by atoms with E-state index in [-0.39, 0.29) is 11.3 Å². The van der Waals surface area contributed by atoms with Gasteiger partial charge in [-0.15, -0.1) is 10.2 Å². The highest BCUT2D eigenvalue weighted by atomic mass is 32.2. The molecule has 1 aromatic carbocycles. The number of aromatic nitrogens is 2. The van der Waals surface area contributed by atoms with Crippen LogP contribution in [0.1, 0.15) is 21.7 Å². The summed E-state index contributed by atoms with van der Waals surface area (Å²) in [5, 5.41) is 11.5. The number of ketones is 1. The van der Waals surface area contributed by atoms with Crippen molar-refractivity contribution >= 4 is 34.0 Å². The Morgan fingerprint density at radius 3 is 2.81 bits per heavy atom. The largest absolute Gasteiger partial charge is 0.467 e. The third-order valence-corrected chi connectivity index (χ3v) is 5.25. The summed E-state index contributed by atoms with van der Waals surface area (Å²) < 4.78 is 43.9. The Labute approximate surface area is 154 Å². The Morgan fingerprint density at radius 2 is 2.08 bits per heavy atom. The van der Waals surface area contributed by atoms with Crippen LogP contribution in [-0.2, 0) is 12.7 Å². The maximum Gasteiger partial charge on any atom is 0.416 e. The van der Waals surface area contributed by atoms with Gasteiger partial charge in [-0.1, -0.05) is 35.2 Å². The molecule has 0 bridgehead atoms. The lowest BCUT2D eigenvalue weighted by Crippen LogP contribution is -2.08. The lowest BCUT2D eigenvalue weighted by Gasteiger charge is -2.07. The molecule has 0 aliphatic carbocycles. The van der Waals surface area contributed by atoms with Crippen LogP contribution >= 0.6 is 23.1 Å². The van der Waals surface area contributed by atoms with Gasteiger partial charge in [0.2, 0.25) is 5.13 Å². The van der Waals surface area contributed by atoms with Crippen molar-refractivity contribution in [3.05, 3.63) is 59.5 Å². The topological polar surface area (TPSA) is 68.0 Å². The molecule has 0 amide bonds. The fraction of sp³-hybridized carbons (Fsp3) is 0.188. The zero-order chi connectivity index (χ0) is 18.6. The number of rotatable bonds is 7. The van der Waals surface area contributed by atoms with Crippen LogP contribution in [0.3, 0.4) is 0 Å². The lowest BCUT2D eigenvalue weighted by atomic mass is 10.1. The van der Waals surface area contributed by atoms with E-state index in [1.165, 1.54) is 23.5 Å². The number of hydrogen-bond acceptors (Lipinski definition) is 7. The molecule has 1 N–H and O–H groups in total. The average molecular weight is 399 g/mol. The number of alkyl halides is 3. The van der Waals surface area contributed by atoms with Gasteiger partial charge in [0.05, 0.1) is 24.1 Å². The summed E-state index contributed by atoms with van der Waals surface area (Å²) in [6.07, 6.45) is -2.91. The number of hydrogen-bond donors (Lipinski definition) is 1. The molecule has 0 spiro atoms. The summed E-state index contributed by atoms with van der Waals surface area (Å²) >= 11 is 2.39. The van der Waals surface area contributed by atoms with Gasteiger partial charge in [-0.05, 0) is 24.3 Å². The number of nitrogens with zero attached hydrogens (tertiary/aromatic N) is 2. The van der Waals surface area contributed by atoms with Crippen LogP contribution in [0.2, 0.25) is 0 Å². The summed E-state index contributed by atoms with van der Waals surface area (Å²) in [6, 6.07) is 7.98. The highest BCUT2D eigenvalue weighted by molar-refractivity contribution is 8.01. The molecule has 0 aliphatic rings. The lowest BCUT2D eigenvalue weighted by molar-refractivity contribution is -0.137. The van der Waals surface area contributed by atoms with E-state index in [0.29, 0.717) is 16.0 Å². The highest BCUT2D eigenvalue weighted by Crippen LogP contribution is 2.30. The molecule has 0 saturated carbocycles. The third kappa shape index (κ3) is 4.85. The smallest absolute Gasteiger partial charge is 0.416 e. The molecule has 3 rings (SSSR count). The van der Waals surface area contributed by atoms with E-state index in [9.17, 15) is 18.0 Å². The van der Waals surface area contributed by atoms with Gasteiger partial charge in [0.15, 0.2) is 10.1 Å². The van der Waals surface area contributed by atoms with Gasteiger partial charge in [0.25, 0.3) is 0 Å². The molecule has 0 saturated heterocycles. The standard InChI is InChI=1S/C16H12F3N3O2S2/c17-16(18,19)11-4-1-3-10(7-11)13(23)9-25-15-22-21-14(26-15)20-8-12-5-2-6-24-12/h1-7H,8-9H2,(H,20,21). The Kier molecular flexibility index (Phi) is 5.62. The molecule has 5 nitrogen and oxygen atoms in total. The summed E-state index contributed by atoms with van der Waals surface area (Å²) in [6.45, 7) is 0.454. The Bertz CT molecular complexity index is 879. The van der Waals surface area contributed by atoms with Gasteiger partial charge < -0.3 is 9.73 Å². The first kappa shape index (κ1) is 18.5. The predicted octanol–water partition coefficient (Wildman–Crippen LogP) is 4.74. The molecule has 26 heavy (non-hydrogen) atoms. The fourth-order valence-corrected chi connectivity index (χ4v) is 3.64. The monoisotopic (exact) mass is 399 g/mol. The molecule has 0 atom stereocenters. The van der Waals surface area contributed by atoms with E-state index in [2.05, 4.69) is 15.5 Å². The second-order valence-electron chi connectivity index (χ2n) is 5.10. The molecule has 2 aromatic heterocycles. The van der Waals surface area contributed by atoms with E-state index >= 15 is 0 Å². The number of carbonyl (C=O) groups is 1. The number of anilines is 1. The van der Waals surface area contributed by atoms with Crippen LogP contribution in [0.5, 0.6) is 0 Å². The van der Waals surface area contributed by atoms with Crippen LogP contribution < -0.4 is 5.32 Å². The Balaban J connectivity index is 1.55. The zero-order valence-electron chi connectivity index (χ0n) is 13.1. The second kappa shape index (κ2) is 7.92. The molecule has 0 aliphatic heterocycles. The van der Waals surface area contributed by atoms with Gasteiger partial charge >= 0.3 is 6.18 Å². The summed E-state index contributed by atoms with van der Waals surface area (Å²) in [4.78, 5) is 12.1. The van der Waals surface area contributed by atoms with Gasteiger partial charge in [-0.3, -0.25) is 4.79 Å². The van der Waals surface area contributed by atoms with Crippen molar-refractivity contribution in [2.24, 2.45) is 0 Å². The zero-order valence-corrected chi connectivity index (χ0v) is 14.7. The average Bonchev–Trinajstić information content (AvgIpc) is 3.29. The van der Waals surface area contributed by atoms with Gasteiger partial charge in [0, 0.05) is 5.56 Å². The number of carbonyl (C=O) groups excluding carboxylic acids is 1.